The lowest BCUT2D eigenvalue weighted by molar-refractivity contribution is 0.0557. The quantitative estimate of drug-likeness (QED) is 0.886. The molecule has 3 rings (SSSR count). The molecular weight excluding hydrogens is 264 g/mol. The third-order valence-corrected chi connectivity index (χ3v) is 4.23. The Balaban J connectivity index is 1.62. The molecule has 5 nitrogen and oxygen atoms in total. The molecular formula is C16H22N4O. The molecule has 1 aliphatic heterocycles. The zero-order valence-electron chi connectivity index (χ0n) is 12.4. The third-order valence-electron chi connectivity index (χ3n) is 4.23. The van der Waals surface area contributed by atoms with Crippen LogP contribution in [0.4, 0.5) is 0 Å². The van der Waals surface area contributed by atoms with E-state index in [1.54, 1.807) is 0 Å². The lowest BCUT2D eigenvalue weighted by atomic mass is 9.93. The van der Waals surface area contributed by atoms with E-state index in [1.165, 1.54) is 0 Å². The first kappa shape index (κ1) is 14.2. The summed E-state index contributed by atoms with van der Waals surface area (Å²) in [5.74, 6) is 0.686. The molecule has 0 saturated carbocycles. The van der Waals surface area contributed by atoms with Gasteiger partial charge in [0.15, 0.2) is 0 Å². The van der Waals surface area contributed by atoms with Gasteiger partial charge in [-0.1, -0.05) is 30.3 Å². The highest BCUT2D eigenvalue weighted by Gasteiger charge is 2.20. The summed E-state index contributed by atoms with van der Waals surface area (Å²) in [5, 5.41) is 14.9. The van der Waals surface area contributed by atoms with Crippen LogP contribution in [0.25, 0.3) is 11.3 Å². The van der Waals surface area contributed by atoms with Gasteiger partial charge < -0.3 is 10.1 Å². The van der Waals surface area contributed by atoms with E-state index < -0.39 is 0 Å². The summed E-state index contributed by atoms with van der Waals surface area (Å²) in [5.41, 5.74) is 3.00. The molecule has 0 amide bonds. The van der Waals surface area contributed by atoms with Crippen molar-refractivity contribution in [2.75, 3.05) is 13.2 Å². The van der Waals surface area contributed by atoms with Gasteiger partial charge in [0.25, 0.3) is 0 Å². The standard InChI is InChI=1S/C16H22N4O/c1-12(13-7-9-21-10-8-13)17-11-15-16(19-20-18-15)14-5-3-2-4-6-14/h2-6,12-13,17H,7-11H2,1H3,(H,18,19,20). The van der Waals surface area contributed by atoms with Crippen LogP contribution in [0.3, 0.4) is 0 Å². The predicted octanol–water partition coefficient (Wildman–Crippen LogP) is 2.38. The minimum atomic E-state index is 0.467. The molecule has 0 spiro atoms. The van der Waals surface area contributed by atoms with Gasteiger partial charge in [-0.2, -0.15) is 15.4 Å². The molecule has 1 aliphatic rings. The summed E-state index contributed by atoms with van der Waals surface area (Å²) >= 11 is 0. The van der Waals surface area contributed by atoms with Gasteiger partial charge in [0.05, 0.1) is 0 Å². The molecule has 2 heterocycles. The van der Waals surface area contributed by atoms with Gasteiger partial charge in [-0.25, -0.2) is 0 Å². The van der Waals surface area contributed by atoms with Crippen molar-refractivity contribution in [1.29, 1.82) is 0 Å². The number of rotatable bonds is 5. The molecule has 1 atom stereocenters. The smallest absolute Gasteiger partial charge is 0.117 e. The lowest BCUT2D eigenvalue weighted by Gasteiger charge is -2.28. The largest absolute Gasteiger partial charge is 0.381 e. The average molecular weight is 286 g/mol. The van der Waals surface area contributed by atoms with E-state index in [0.717, 1.165) is 49.6 Å². The molecule has 1 aromatic carbocycles. The van der Waals surface area contributed by atoms with Crippen LogP contribution in [-0.2, 0) is 11.3 Å². The summed E-state index contributed by atoms with van der Waals surface area (Å²) in [6.45, 7) is 4.75. The third kappa shape index (κ3) is 3.49. The summed E-state index contributed by atoms with van der Waals surface area (Å²) in [6.07, 6.45) is 2.27. The molecule has 5 heteroatoms. The number of aromatic amines is 1. The summed E-state index contributed by atoms with van der Waals surface area (Å²) in [6, 6.07) is 10.6. The van der Waals surface area contributed by atoms with E-state index in [-0.39, 0.29) is 0 Å². The van der Waals surface area contributed by atoms with Gasteiger partial charge in [-0.15, -0.1) is 0 Å². The number of H-pyrrole nitrogens is 1. The van der Waals surface area contributed by atoms with Crippen molar-refractivity contribution in [2.24, 2.45) is 5.92 Å². The fourth-order valence-electron chi connectivity index (χ4n) is 2.84. The van der Waals surface area contributed by atoms with E-state index >= 15 is 0 Å². The van der Waals surface area contributed by atoms with Gasteiger partial charge in [-0.05, 0) is 25.7 Å². The maximum atomic E-state index is 5.42. The number of hydrogen-bond donors (Lipinski definition) is 2. The van der Waals surface area contributed by atoms with Gasteiger partial charge >= 0.3 is 0 Å². The van der Waals surface area contributed by atoms with Crippen molar-refractivity contribution < 1.29 is 4.74 Å². The van der Waals surface area contributed by atoms with Crippen LogP contribution in [0.1, 0.15) is 25.5 Å². The van der Waals surface area contributed by atoms with Crippen LogP contribution < -0.4 is 5.32 Å². The summed E-state index contributed by atoms with van der Waals surface area (Å²) in [4.78, 5) is 0. The zero-order chi connectivity index (χ0) is 14.5. The Labute approximate surface area is 125 Å². The molecule has 1 saturated heterocycles. The van der Waals surface area contributed by atoms with E-state index in [4.69, 9.17) is 4.74 Å². The molecule has 21 heavy (non-hydrogen) atoms. The van der Waals surface area contributed by atoms with E-state index in [2.05, 4.69) is 39.8 Å². The molecule has 2 N–H and O–H groups in total. The van der Waals surface area contributed by atoms with Crippen molar-refractivity contribution >= 4 is 0 Å². The SMILES string of the molecule is CC(NCc1n[nH]nc1-c1ccccc1)C1CCOCC1. The van der Waals surface area contributed by atoms with E-state index in [9.17, 15) is 0 Å². The first-order chi connectivity index (χ1) is 10.3. The van der Waals surface area contributed by atoms with Gasteiger partial charge in [0.2, 0.25) is 0 Å². The van der Waals surface area contributed by atoms with Crippen LogP contribution in [0, 0.1) is 5.92 Å². The first-order valence-corrected chi connectivity index (χ1v) is 7.61. The van der Waals surface area contributed by atoms with Gasteiger partial charge in [0, 0.05) is 31.4 Å². The van der Waals surface area contributed by atoms with Crippen LogP contribution >= 0.6 is 0 Å². The monoisotopic (exact) mass is 286 g/mol. The Morgan fingerprint density at radius 2 is 2.00 bits per heavy atom. The molecule has 1 unspecified atom stereocenters. The first-order valence-electron chi connectivity index (χ1n) is 7.61. The van der Waals surface area contributed by atoms with E-state index in [0.29, 0.717) is 12.0 Å². The highest BCUT2D eigenvalue weighted by atomic mass is 16.5. The Morgan fingerprint density at radius 3 is 2.76 bits per heavy atom. The average Bonchev–Trinajstić information content (AvgIpc) is 3.03. The van der Waals surface area contributed by atoms with Crippen molar-refractivity contribution in [3.63, 3.8) is 0 Å². The van der Waals surface area contributed by atoms with Gasteiger partial charge in [0.1, 0.15) is 11.4 Å². The van der Waals surface area contributed by atoms with E-state index in [1.807, 2.05) is 18.2 Å². The topological polar surface area (TPSA) is 62.8 Å². The van der Waals surface area contributed by atoms with Crippen molar-refractivity contribution in [2.45, 2.75) is 32.4 Å². The van der Waals surface area contributed by atoms with Crippen LogP contribution in [0.2, 0.25) is 0 Å². The Hall–Kier alpha value is -1.72. The van der Waals surface area contributed by atoms with Crippen LogP contribution in [0.5, 0.6) is 0 Å². The maximum Gasteiger partial charge on any atom is 0.117 e. The van der Waals surface area contributed by atoms with Crippen LogP contribution in [0.15, 0.2) is 30.3 Å². The number of nitrogens with zero attached hydrogens (tertiary/aromatic N) is 2. The summed E-state index contributed by atoms with van der Waals surface area (Å²) < 4.78 is 5.42. The van der Waals surface area contributed by atoms with Gasteiger partial charge in [-0.3, -0.25) is 0 Å². The molecule has 1 fully saturated rings. The molecule has 0 bridgehead atoms. The number of aromatic nitrogens is 3. The van der Waals surface area contributed by atoms with Crippen LogP contribution in [-0.4, -0.2) is 34.7 Å². The lowest BCUT2D eigenvalue weighted by Crippen LogP contribution is -2.36. The molecule has 0 radical (unpaired) electrons. The molecule has 2 aromatic rings. The highest BCUT2D eigenvalue weighted by Crippen LogP contribution is 2.21. The molecule has 0 aliphatic carbocycles. The second kappa shape index (κ2) is 6.83. The number of ether oxygens (including phenoxy) is 1. The van der Waals surface area contributed by atoms with Crippen molar-refractivity contribution in [1.82, 2.24) is 20.7 Å². The second-order valence-electron chi connectivity index (χ2n) is 5.60. The normalized spacial score (nSPS) is 17.8. The number of benzene rings is 1. The molecule has 1 aromatic heterocycles. The number of nitrogens with one attached hydrogen (secondary N) is 2. The Bertz CT molecular complexity index is 548. The van der Waals surface area contributed by atoms with Crippen molar-refractivity contribution in [3.8, 4) is 11.3 Å². The Morgan fingerprint density at radius 1 is 1.24 bits per heavy atom. The maximum absolute atomic E-state index is 5.42. The minimum absolute atomic E-state index is 0.467. The second-order valence-corrected chi connectivity index (χ2v) is 5.60. The molecule has 112 valence electrons. The highest BCUT2D eigenvalue weighted by molar-refractivity contribution is 5.60. The zero-order valence-corrected chi connectivity index (χ0v) is 12.4. The minimum Gasteiger partial charge on any atom is -0.381 e. The summed E-state index contributed by atoms with van der Waals surface area (Å²) in [7, 11) is 0. The predicted molar refractivity (Wildman–Crippen MR) is 81.7 cm³/mol. The fraction of sp³-hybridized carbons (Fsp3) is 0.500. The Kier molecular flexibility index (Phi) is 4.62. The fourth-order valence-corrected chi connectivity index (χ4v) is 2.84. The van der Waals surface area contributed by atoms with Crippen molar-refractivity contribution in [3.05, 3.63) is 36.0 Å². The number of hydrogen-bond acceptors (Lipinski definition) is 4.